The van der Waals surface area contributed by atoms with Gasteiger partial charge in [0.15, 0.2) is 0 Å². The standard InChI is InChI=1S/C20H21FN2O4/c21-14-5-7-15(8-6-14)27-16-11-20(26-12-16)9-2-10-23(13-20)19(25)17-3-1-4-18(24)22-17/h1,3-8,16H,2,9-13H2,(H,22,24)/t16-,20+/m1/s1. The van der Waals surface area contributed by atoms with Crippen molar-refractivity contribution >= 4 is 5.91 Å². The number of aromatic amines is 1. The number of likely N-dealkylation sites (tertiary alicyclic amines) is 1. The predicted molar refractivity (Wildman–Crippen MR) is 96.3 cm³/mol. The van der Waals surface area contributed by atoms with Crippen LogP contribution in [0.5, 0.6) is 5.75 Å². The fourth-order valence-corrected chi connectivity index (χ4v) is 3.88. The molecule has 2 saturated heterocycles. The van der Waals surface area contributed by atoms with E-state index >= 15 is 0 Å². The van der Waals surface area contributed by atoms with Gasteiger partial charge in [0.25, 0.3) is 5.91 Å². The summed E-state index contributed by atoms with van der Waals surface area (Å²) in [5.41, 5.74) is -0.442. The molecule has 1 amide bonds. The van der Waals surface area contributed by atoms with Crippen LogP contribution in [0.25, 0.3) is 0 Å². The van der Waals surface area contributed by atoms with Crippen LogP contribution in [0.1, 0.15) is 29.8 Å². The summed E-state index contributed by atoms with van der Waals surface area (Å²) in [4.78, 5) is 28.5. The van der Waals surface area contributed by atoms with Crippen molar-refractivity contribution < 1.29 is 18.7 Å². The van der Waals surface area contributed by atoms with Gasteiger partial charge < -0.3 is 19.4 Å². The number of carbonyl (C=O) groups is 1. The number of ether oxygens (including phenoxy) is 2. The fraction of sp³-hybridized carbons (Fsp3) is 0.400. The van der Waals surface area contributed by atoms with Crippen molar-refractivity contribution in [2.24, 2.45) is 0 Å². The van der Waals surface area contributed by atoms with Crippen LogP contribution in [0.2, 0.25) is 0 Å². The van der Waals surface area contributed by atoms with Crippen molar-refractivity contribution in [1.82, 2.24) is 9.88 Å². The molecule has 2 aromatic rings. The van der Waals surface area contributed by atoms with Gasteiger partial charge in [-0.15, -0.1) is 0 Å². The maximum absolute atomic E-state index is 13.0. The number of hydrogen-bond acceptors (Lipinski definition) is 4. The van der Waals surface area contributed by atoms with E-state index < -0.39 is 5.60 Å². The number of nitrogens with zero attached hydrogens (tertiary/aromatic N) is 1. The van der Waals surface area contributed by atoms with Crippen LogP contribution in [0, 0.1) is 5.82 Å². The minimum Gasteiger partial charge on any atom is -0.488 e. The quantitative estimate of drug-likeness (QED) is 0.898. The molecule has 2 fully saturated rings. The molecular weight excluding hydrogens is 351 g/mol. The lowest BCUT2D eigenvalue weighted by molar-refractivity contribution is -0.0454. The molecule has 2 aliphatic heterocycles. The Kier molecular flexibility index (Phi) is 4.70. The average Bonchev–Trinajstić information content (AvgIpc) is 3.04. The molecule has 1 N–H and O–H groups in total. The molecule has 7 heteroatoms. The molecule has 0 unspecified atom stereocenters. The summed E-state index contributed by atoms with van der Waals surface area (Å²) >= 11 is 0. The zero-order chi connectivity index (χ0) is 18.9. The number of pyridine rings is 1. The number of aromatic nitrogens is 1. The summed E-state index contributed by atoms with van der Waals surface area (Å²) in [7, 11) is 0. The van der Waals surface area contributed by atoms with E-state index in [9.17, 15) is 14.0 Å². The van der Waals surface area contributed by atoms with E-state index in [1.54, 1.807) is 29.2 Å². The normalized spacial score (nSPS) is 24.9. The van der Waals surface area contributed by atoms with Gasteiger partial charge in [-0.05, 0) is 43.2 Å². The molecule has 3 heterocycles. The van der Waals surface area contributed by atoms with E-state index in [0.717, 1.165) is 12.8 Å². The molecule has 1 spiro atoms. The first-order valence-corrected chi connectivity index (χ1v) is 9.08. The lowest BCUT2D eigenvalue weighted by atomic mass is 9.89. The molecule has 1 aromatic carbocycles. The van der Waals surface area contributed by atoms with Crippen molar-refractivity contribution in [2.75, 3.05) is 19.7 Å². The molecule has 142 valence electrons. The third kappa shape index (κ3) is 3.88. The van der Waals surface area contributed by atoms with Gasteiger partial charge in [0, 0.05) is 19.0 Å². The smallest absolute Gasteiger partial charge is 0.270 e. The molecule has 0 aliphatic carbocycles. The van der Waals surface area contributed by atoms with E-state index in [4.69, 9.17) is 9.47 Å². The second-order valence-corrected chi connectivity index (χ2v) is 7.15. The monoisotopic (exact) mass is 372 g/mol. The van der Waals surface area contributed by atoms with Crippen LogP contribution >= 0.6 is 0 Å². The van der Waals surface area contributed by atoms with Gasteiger partial charge in [-0.1, -0.05) is 6.07 Å². The number of amides is 1. The Morgan fingerprint density at radius 1 is 1.26 bits per heavy atom. The van der Waals surface area contributed by atoms with Crippen LogP contribution in [-0.2, 0) is 4.74 Å². The number of rotatable bonds is 3. The highest BCUT2D eigenvalue weighted by atomic mass is 19.1. The van der Waals surface area contributed by atoms with Crippen LogP contribution < -0.4 is 10.3 Å². The molecule has 2 aliphatic rings. The summed E-state index contributed by atoms with van der Waals surface area (Å²) in [5.74, 6) is 0.104. The zero-order valence-corrected chi connectivity index (χ0v) is 14.8. The Morgan fingerprint density at radius 2 is 2.07 bits per heavy atom. The van der Waals surface area contributed by atoms with Gasteiger partial charge in [-0.3, -0.25) is 9.59 Å². The van der Waals surface area contributed by atoms with Crippen molar-refractivity contribution in [1.29, 1.82) is 0 Å². The Hall–Kier alpha value is -2.67. The topological polar surface area (TPSA) is 71.6 Å². The maximum Gasteiger partial charge on any atom is 0.270 e. The second-order valence-electron chi connectivity index (χ2n) is 7.15. The number of carbonyl (C=O) groups excluding carboxylic acids is 1. The molecule has 0 bridgehead atoms. The first kappa shape index (κ1) is 17.7. The molecule has 6 nitrogen and oxygen atoms in total. The number of hydrogen-bond donors (Lipinski definition) is 1. The van der Waals surface area contributed by atoms with Crippen molar-refractivity contribution in [3.8, 4) is 5.75 Å². The average molecular weight is 372 g/mol. The number of benzene rings is 1. The second kappa shape index (κ2) is 7.15. The van der Waals surface area contributed by atoms with E-state index in [2.05, 4.69) is 4.98 Å². The fourth-order valence-electron chi connectivity index (χ4n) is 3.88. The number of halogens is 1. The highest BCUT2D eigenvalue weighted by Gasteiger charge is 2.45. The number of H-pyrrole nitrogens is 1. The van der Waals surface area contributed by atoms with Gasteiger partial charge in [-0.25, -0.2) is 4.39 Å². The van der Waals surface area contributed by atoms with Crippen molar-refractivity contribution in [2.45, 2.75) is 31.0 Å². The Labute approximate surface area is 155 Å². The molecule has 0 radical (unpaired) electrons. The summed E-state index contributed by atoms with van der Waals surface area (Å²) in [5, 5.41) is 0. The van der Waals surface area contributed by atoms with Crippen molar-refractivity contribution in [3.63, 3.8) is 0 Å². The van der Waals surface area contributed by atoms with Crippen molar-refractivity contribution in [3.05, 3.63) is 64.3 Å². The lowest BCUT2D eigenvalue weighted by Gasteiger charge is -2.39. The summed E-state index contributed by atoms with van der Waals surface area (Å²) in [6.07, 6.45) is 2.21. The maximum atomic E-state index is 13.0. The van der Waals surface area contributed by atoms with E-state index in [1.165, 1.54) is 18.2 Å². The minimum atomic E-state index is -0.437. The van der Waals surface area contributed by atoms with Gasteiger partial charge in [-0.2, -0.15) is 0 Å². The highest BCUT2D eigenvalue weighted by molar-refractivity contribution is 5.92. The SMILES string of the molecule is O=C(c1cccc(=O)[nH]1)N1CCC[C@]2(C[C@@H](Oc3ccc(F)cc3)CO2)C1. The van der Waals surface area contributed by atoms with Gasteiger partial charge in [0.05, 0.1) is 18.8 Å². The highest BCUT2D eigenvalue weighted by Crippen LogP contribution is 2.36. The largest absolute Gasteiger partial charge is 0.488 e. The molecule has 0 saturated carbocycles. The van der Waals surface area contributed by atoms with E-state index in [1.807, 2.05) is 0 Å². The summed E-state index contributed by atoms with van der Waals surface area (Å²) in [6.45, 7) is 1.53. The first-order chi connectivity index (χ1) is 13.0. The minimum absolute atomic E-state index is 0.137. The Morgan fingerprint density at radius 3 is 2.85 bits per heavy atom. The lowest BCUT2D eigenvalue weighted by Crippen LogP contribution is -2.50. The molecule has 1 aromatic heterocycles. The summed E-state index contributed by atoms with van der Waals surface area (Å²) < 4.78 is 25.0. The van der Waals surface area contributed by atoms with Gasteiger partial charge >= 0.3 is 0 Å². The molecule has 2 atom stereocenters. The van der Waals surface area contributed by atoms with Crippen LogP contribution in [0.15, 0.2) is 47.3 Å². The van der Waals surface area contributed by atoms with Crippen LogP contribution in [0.3, 0.4) is 0 Å². The third-order valence-electron chi connectivity index (χ3n) is 5.12. The zero-order valence-electron chi connectivity index (χ0n) is 14.8. The molecule has 27 heavy (non-hydrogen) atoms. The van der Waals surface area contributed by atoms with E-state index in [-0.39, 0.29) is 29.1 Å². The summed E-state index contributed by atoms with van der Waals surface area (Å²) in [6, 6.07) is 10.5. The Balaban J connectivity index is 1.42. The van der Waals surface area contributed by atoms with E-state index in [0.29, 0.717) is 31.9 Å². The van der Waals surface area contributed by atoms with Gasteiger partial charge in [0.2, 0.25) is 5.56 Å². The first-order valence-electron chi connectivity index (χ1n) is 9.08. The van der Waals surface area contributed by atoms with Gasteiger partial charge in [0.1, 0.15) is 23.4 Å². The molecular formula is C20H21FN2O4. The number of piperidine rings is 1. The van der Waals surface area contributed by atoms with Crippen LogP contribution in [-0.4, -0.2) is 47.2 Å². The predicted octanol–water partition coefficient (Wildman–Crippen LogP) is 2.36. The number of nitrogens with one attached hydrogen (secondary N) is 1. The van der Waals surface area contributed by atoms with Crippen LogP contribution in [0.4, 0.5) is 4.39 Å². The molecule has 4 rings (SSSR count). The third-order valence-corrected chi connectivity index (χ3v) is 5.12. The Bertz CT molecular complexity index is 882.